The van der Waals surface area contributed by atoms with Crippen molar-refractivity contribution in [1.29, 1.82) is 0 Å². The summed E-state index contributed by atoms with van der Waals surface area (Å²) in [7, 11) is 0. The number of aromatic nitrogens is 1. The van der Waals surface area contributed by atoms with Crippen LogP contribution in [0, 0.1) is 5.92 Å². The molecular weight excluding hydrogens is 438 g/mol. The molecule has 2 aliphatic rings. The summed E-state index contributed by atoms with van der Waals surface area (Å²) in [4.78, 5) is 36.1. The number of carbonyl (C=O) groups is 3. The molecule has 5 rings (SSSR count). The number of ether oxygens (including phenoxy) is 1. The van der Waals surface area contributed by atoms with Gasteiger partial charge in [-0.2, -0.15) is 0 Å². The van der Waals surface area contributed by atoms with Crippen molar-refractivity contribution in [2.45, 2.75) is 31.2 Å². The van der Waals surface area contributed by atoms with Crippen LogP contribution in [0.3, 0.4) is 0 Å². The van der Waals surface area contributed by atoms with Gasteiger partial charge in [-0.15, -0.1) is 0 Å². The number of nitrogens with one attached hydrogen (secondary N) is 2. The van der Waals surface area contributed by atoms with E-state index < -0.39 is 24.0 Å². The number of carboxylic acid groups (broad SMARTS) is 1. The van der Waals surface area contributed by atoms with Gasteiger partial charge in [0.2, 0.25) is 5.88 Å². The van der Waals surface area contributed by atoms with Crippen molar-refractivity contribution in [1.82, 2.24) is 10.5 Å². The van der Waals surface area contributed by atoms with Crippen LogP contribution in [-0.2, 0) is 9.53 Å². The molecule has 2 aliphatic carbocycles. The molecule has 0 bridgehead atoms. The van der Waals surface area contributed by atoms with Crippen LogP contribution in [0.1, 0.15) is 46.8 Å². The summed E-state index contributed by atoms with van der Waals surface area (Å²) in [5.41, 5.74) is 4.30. The van der Waals surface area contributed by atoms with E-state index >= 15 is 0 Å². The Hall–Kier alpha value is -4.14. The quantitative estimate of drug-likeness (QED) is 0.462. The van der Waals surface area contributed by atoms with E-state index in [0.29, 0.717) is 12.3 Å². The van der Waals surface area contributed by atoms with Crippen LogP contribution in [0.2, 0.25) is 0 Å². The smallest absolute Gasteiger partial charge is 0.414 e. The molecule has 3 N–H and O–H groups in total. The highest BCUT2D eigenvalue weighted by atomic mass is 16.6. The number of hydrogen-bond acceptors (Lipinski definition) is 6. The number of rotatable bonds is 8. The summed E-state index contributed by atoms with van der Waals surface area (Å²) in [6.45, 7) is 0.128. The fraction of sp³-hybridized carbons (Fsp3) is 0.280. The molecule has 2 amide bonds. The van der Waals surface area contributed by atoms with Gasteiger partial charge in [-0.25, -0.2) is 9.59 Å². The third kappa shape index (κ3) is 4.50. The fourth-order valence-corrected chi connectivity index (χ4v) is 4.32. The Bertz CT molecular complexity index is 1200. The van der Waals surface area contributed by atoms with Gasteiger partial charge in [-0.05, 0) is 34.6 Å². The van der Waals surface area contributed by atoms with Gasteiger partial charge >= 0.3 is 12.1 Å². The molecule has 0 spiro atoms. The second-order valence-electron chi connectivity index (χ2n) is 8.57. The molecule has 0 radical (unpaired) electrons. The maximum absolute atomic E-state index is 12.4. The predicted molar refractivity (Wildman–Crippen MR) is 121 cm³/mol. The van der Waals surface area contributed by atoms with E-state index in [0.717, 1.165) is 35.1 Å². The van der Waals surface area contributed by atoms with Crippen molar-refractivity contribution in [2.24, 2.45) is 5.92 Å². The highest BCUT2D eigenvalue weighted by molar-refractivity contribution is 5.96. The van der Waals surface area contributed by atoms with Gasteiger partial charge in [0.1, 0.15) is 12.6 Å². The lowest BCUT2D eigenvalue weighted by atomic mass is 9.98. The van der Waals surface area contributed by atoms with Crippen molar-refractivity contribution in [3.05, 3.63) is 71.4 Å². The molecule has 0 saturated heterocycles. The molecule has 174 valence electrons. The molecule has 1 atom stereocenters. The Morgan fingerprint density at radius 1 is 1.06 bits per heavy atom. The molecule has 2 aromatic carbocycles. The van der Waals surface area contributed by atoms with Crippen molar-refractivity contribution < 1.29 is 28.8 Å². The van der Waals surface area contributed by atoms with E-state index in [4.69, 9.17) is 9.26 Å². The zero-order chi connectivity index (χ0) is 23.7. The van der Waals surface area contributed by atoms with Crippen molar-refractivity contribution in [3.63, 3.8) is 0 Å². The average molecular weight is 461 g/mol. The molecule has 1 fully saturated rings. The highest BCUT2D eigenvalue weighted by Crippen LogP contribution is 2.44. The number of fused-ring (bicyclic) bond motifs is 3. The van der Waals surface area contributed by atoms with Crippen LogP contribution in [0.4, 0.5) is 10.7 Å². The maximum atomic E-state index is 12.4. The normalized spacial score (nSPS) is 15.2. The third-order valence-electron chi connectivity index (χ3n) is 6.18. The van der Waals surface area contributed by atoms with Gasteiger partial charge in [-0.3, -0.25) is 10.1 Å². The second-order valence-corrected chi connectivity index (χ2v) is 8.57. The van der Waals surface area contributed by atoms with Crippen molar-refractivity contribution in [2.75, 3.05) is 11.9 Å². The molecule has 9 heteroatoms. The molecular formula is C25H23N3O6. The number of amides is 2. The summed E-state index contributed by atoms with van der Waals surface area (Å²) >= 11 is 0. The number of carboxylic acids is 1. The second kappa shape index (κ2) is 9.01. The Balaban J connectivity index is 1.18. The van der Waals surface area contributed by atoms with Crippen molar-refractivity contribution >= 4 is 23.9 Å². The third-order valence-corrected chi connectivity index (χ3v) is 6.18. The summed E-state index contributed by atoms with van der Waals surface area (Å²) in [5.74, 6) is -1.62. The van der Waals surface area contributed by atoms with Crippen LogP contribution in [0.5, 0.6) is 0 Å². The summed E-state index contributed by atoms with van der Waals surface area (Å²) in [6, 6.07) is 16.3. The molecule has 9 nitrogen and oxygen atoms in total. The lowest BCUT2D eigenvalue weighted by molar-refractivity contribution is -0.139. The zero-order valence-electron chi connectivity index (χ0n) is 18.2. The van der Waals surface area contributed by atoms with Crippen LogP contribution < -0.4 is 10.6 Å². The molecule has 1 saturated carbocycles. The highest BCUT2D eigenvalue weighted by Gasteiger charge is 2.31. The minimum absolute atomic E-state index is 0.0727. The maximum Gasteiger partial charge on any atom is 0.414 e. The average Bonchev–Trinajstić information content (AvgIpc) is 3.43. The lowest BCUT2D eigenvalue weighted by Crippen LogP contribution is -2.41. The van der Waals surface area contributed by atoms with Gasteiger partial charge in [-0.1, -0.05) is 66.5 Å². The largest absolute Gasteiger partial charge is 0.480 e. The lowest BCUT2D eigenvalue weighted by Gasteiger charge is -2.14. The SMILES string of the molecule is O=C(Nc1cc(C(=O)N[C@@H](CC2CC2)C(=O)O)no1)OCC1c2ccccc2-c2ccccc21. The first kappa shape index (κ1) is 21.7. The zero-order valence-corrected chi connectivity index (χ0v) is 18.2. The summed E-state index contributed by atoms with van der Waals surface area (Å²) in [5, 5.41) is 17.8. The first-order chi connectivity index (χ1) is 16.5. The fourth-order valence-electron chi connectivity index (χ4n) is 4.32. The van der Waals surface area contributed by atoms with Crippen LogP contribution in [-0.4, -0.2) is 40.9 Å². The Morgan fingerprint density at radius 2 is 1.71 bits per heavy atom. The number of anilines is 1. The van der Waals surface area contributed by atoms with Gasteiger partial charge in [0, 0.05) is 12.0 Å². The van der Waals surface area contributed by atoms with E-state index in [1.807, 2.05) is 36.4 Å². The van der Waals surface area contributed by atoms with E-state index in [9.17, 15) is 19.5 Å². The first-order valence-electron chi connectivity index (χ1n) is 11.1. The standard InChI is InChI=1S/C25H23N3O6/c29-23(26-21(24(30)31)11-14-9-10-14)20-12-22(34-28-20)27-25(32)33-13-19-17-7-3-1-5-15(17)16-6-2-4-8-18(16)19/h1-8,12,14,19,21H,9-11,13H2,(H,26,29)(H,27,32)(H,30,31)/t21-/m0/s1. The van der Waals surface area contributed by atoms with Gasteiger partial charge in [0.15, 0.2) is 5.69 Å². The number of carbonyl (C=O) groups excluding carboxylic acids is 2. The molecule has 0 unspecified atom stereocenters. The van der Waals surface area contributed by atoms with E-state index in [1.54, 1.807) is 0 Å². The van der Waals surface area contributed by atoms with Crippen LogP contribution in [0.25, 0.3) is 11.1 Å². The number of hydrogen-bond donors (Lipinski definition) is 3. The number of benzene rings is 2. The number of nitrogens with zero attached hydrogens (tertiary/aromatic N) is 1. The minimum atomic E-state index is -1.10. The number of aliphatic carboxylic acids is 1. The van der Waals surface area contributed by atoms with E-state index in [1.165, 1.54) is 6.07 Å². The van der Waals surface area contributed by atoms with Gasteiger partial charge in [0.05, 0.1) is 0 Å². The summed E-state index contributed by atoms with van der Waals surface area (Å²) in [6.07, 6.45) is 1.57. The summed E-state index contributed by atoms with van der Waals surface area (Å²) < 4.78 is 10.4. The Labute approximate surface area is 195 Å². The molecule has 34 heavy (non-hydrogen) atoms. The van der Waals surface area contributed by atoms with Gasteiger partial charge in [0.25, 0.3) is 5.91 Å². The Morgan fingerprint density at radius 3 is 2.32 bits per heavy atom. The van der Waals surface area contributed by atoms with Crippen LogP contribution >= 0.6 is 0 Å². The van der Waals surface area contributed by atoms with Crippen molar-refractivity contribution in [3.8, 4) is 11.1 Å². The van der Waals surface area contributed by atoms with Crippen LogP contribution in [0.15, 0.2) is 59.1 Å². The monoisotopic (exact) mass is 461 g/mol. The molecule has 0 aliphatic heterocycles. The van der Waals surface area contributed by atoms with E-state index in [-0.39, 0.29) is 24.1 Å². The topological polar surface area (TPSA) is 131 Å². The molecule has 1 aromatic heterocycles. The molecule has 1 heterocycles. The predicted octanol–water partition coefficient (Wildman–Crippen LogP) is 4.02. The van der Waals surface area contributed by atoms with Gasteiger partial charge < -0.3 is 19.7 Å². The first-order valence-corrected chi connectivity index (χ1v) is 11.1. The molecule has 3 aromatic rings. The Kier molecular flexibility index (Phi) is 5.75. The van der Waals surface area contributed by atoms with E-state index in [2.05, 4.69) is 27.9 Å². The minimum Gasteiger partial charge on any atom is -0.480 e.